The summed E-state index contributed by atoms with van der Waals surface area (Å²) in [5.41, 5.74) is 3.28. The molecule has 0 saturated carbocycles. The van der Waals surface area contributed by atoms with Gasteiger partial charge in [-0.1, -0.05) is 17.7 Å². The van der Waals surface area contributed by atoms with Gasteiger partial charge < -0.3 is 4.90 Å². The molecule has 1 aliphatic rings. The van der Waals surface area contributed by atoms with Crippen molar-refractivity contribution in [2.45, 2.75) is 26.2 Å². The highest BCUT2D eigenvalue weighted by atomic mass is 35.5. The zero-order chi connectivity index (χ0) is 19.7. The number of anilines is 1. The molecule has 144 valence electrons. The lowest BCUT2D eigenvalue weighted by atomic mass is 9.90. The van der Waals surface area contributed by atoms with Gasteiger partial charge in [-0.3, -0.25) is 4.79 Å². The molecule has 3 aromatic rings. The molecule has 28 heavy (non-hydrogen) atoms. The summed E-state index contributed by atoms with van der Waals surface area (Å²) in [7, 11) is 0. The molecule has 2 aromatic heterocycles. The van der Waals surface area contributed by atoms with E-state index in [1.807, 2.05) is 13.1 Å². The lowest BCUT2D eigenvalue weighted by Gasteiger charge is -2.31. The van der Waals surface area contributed by atoms with Gasteiger partial charge in [0.2, 0.25) is 5.91 Å². The molecule has 1 fully saturated rings. The zero-order valence-corrected chi connectivity index (χ0v) is 16.1. The maximum absolute atomic E-state index is 13.7. The number of rotatable bonds is 4. The Morgan fingerprint density at radius 2 is 2.07 bits per heavy atom. The van der Waals surface area contributed by atoms with Gasteiger partial charge in [-0.15, -0.1) is 0 Å². The molecule has 8 heteroatoms. The summed E-state index contributed by atoms with van der Waals surface area (Å²) < 4.78 is 15.4. The highest BCUT2D eigenvalue weighted by Gasteiger charge is 2.30. The van der Waals surface area contributed by atoms with E-state index in [1.165, 1.54) is 12.1 Å². The second-order valence-electron chi connectivity index (χ2n) is 6.98. The number of hydrogen-bond acceptors (Lipinski definition) is 4. The van der Waals surface area contributed by atoms with Gasteiger partial charge in [-0.05, 0) is 49.4 Å². The van der Waals surface area contributed by atoms with Gasteiger partial charge in [-0.25, -0.2) is 9.07 Å². The van der Waals surface area contributed by atoms with Crippen LogP contribution in [0.3, 0.4) is 0 Å². The van der Waals surface area contributed by atoms with Crippen molar-refractivity contribution >= 4 is 23.2 Å². The molecule has 1 aliphatic heterocycles. The quantitative estimate of drug-likeness (QED) is 0.670. The van der Waals surface area contributed by atoms with Crippen molar-refractivity contribution in [3.8, 4) is 5.69 Å². The first-order valence-electron chi connectivity index (χ1n) is 9.10. The minimum Gasteiger partial charge on any atom is -0.309 e. The molecule has 1 unspecified atom stereocenters. The number of carbonyl (C=O) groups is 1. The zero-order valence-electron chi connectivity index (χ0n) is 15.3. The lowest BCUT2D eigenvalue weighted by Crippen LogP contribution is -2.42. The predicted octanol–water partition coefficient (Wildman–Crippen LogP) is 3.75. The van der Waals surface area contributed by atoms with Crippen LogP contribution >= 0.6 is 11.6 Å². The highest BCUT2D eigenvalue weighted by molar-refractivity contribution is 6.30. The van der Waals surface area contributed by atoms with Crippen LogP contribution in [-0.2, 0) is 11.2 Å². The minimum atomic E-state index is -0.457. The van der Waals surface area contributed by atoms with Crippen molar-refractivity contribution in [2.75, 3.05) is 11.4 Å². The van der Waals surface area contributed by atoms with Crippen LogP contribution in [0.4, 0.5) is 10.1 Å². The monoisotopic (exact) mass is 399 g/mol. The molecular weight excluding hydrogens is 381 g/mol. The van der Waals surface area contributed by atoms with Crippen molar-refractivity contribution in [3.63, 3.8) is 0 Å². The fourth-order valence-electron chi connectivity index (χ4n) is 3.55. The Hall–Kier alpha value is -2.80. The van der Waals surface area contributed by atoms with Crippen molar-refractivity contribution < 1.29 is 9.18 Å². The topological polar surface area (TPSA) is 63.9 Å². The SMILES string of the molecule is Cc1cnncc1-n1cc(N2CCCC(Cc3ccc(Cl)c(F)c3)C2=O)cn1. The predicted molar refractivity (Wildman–Crippen MR) is 104 cm³/mol. The smallest absolute Gasteiger partial charge is 0.230 e. The summed E-state index contributed by atoms with van der Waals surface area (Å²) in [5, 5.41) is 12.2. The molecule has 0 aliphatic carbocycles. The normalized spacial score (nSPS) is 17.2. The second-order valence-corrected chi connectivity index (χ2v) is 7.39. The fourth-order valence-corrected chi connectivity index (χ4v) is 3.66. The third kappa shape index (κ3) is 3.62. The average Bonchev–Trinajstić information content (AvgIpc) is 3.16. The lowest BCUT2D eigenvalue weighted by molar-refractivity contribution is -0.123. The minimum absolute atomic E-state index is 0.0331. The Morgan fingerprint density at radius 3 is 2.86 bits per heavy atom. The van der Waals surface area contributed by atoms with Gasteiger partial charge >= 0.3 is 0 Å². The van der Waals surface area contributed by atoms with Crippen molar-refractivity contribution in [2.24, 2.45) is 5.92 Å². The molecule has 6 nitrogen and oxygen atoms in total. The summed E-state index contributed by atoms with van der Waals surface area (Å²) in [4.78, 5) is 14.8. The van der Waals surface area contributed by atoms with Gasteiger partial charge in [0.25, 0.3) is 0 Å². The number of hydrogen-bond donors (Lipinski definition) is 0. The Labute approximate surface area is 166 Å². The first-order chi connectivity index (χ1) is 13.5. The summed E-state index contributed by atoms with van der Waals surface area (Å²) >= 11 is 5.75. The number of halogens is 2. The van der Waals surface area contributed by atoms with E-state index >= 15 is 0 Å². The summed E-state index contributed by atoms with van der Waals surface area (Å²) in [5.74, 6) is -0.616. The molecule has 3 heterocycles. The molecule has 4 rings (SSSR count). The second kappa shape index (κ2) is 7.67. The van der Waals surface area contributed by atoms with E-state index < -0.39 is 5.82 Å². The van der Waals surface area contributed by atoms with E-state index in [9.17, 15) is 9.18 Å². The van der Waals surface area contributed by atoms with Gasteiger partial charge in [0.15, 0.2) is 0 Å². The molecule has 1 aromatic carbocycles. The third-order valence-corrected chi connectivity index (χ3v) is 5.35. The first kappa shape index (κ1) is 18.6. The van der Waals surface area contributed by atoms with E-state index in [0.29, 0.717) is 13.0 Å². The molecule has 0 spiro atoms. The molecule has 1 saturated heterocycles. The van der Waals surface area contributed by atoms with Crippen molar-refractivity contribution in [1.82, 2.24) is 20.0 Å². The number of benzene rings is 1. The van der Waals surface area contributed by atoms with Gasteiger partial charge in [0.1, 0.15) is 5.82 Å². The van der Waals surface area contributed by atoms with Gasteiger partial charge in [0, 0.05) is 12.5 Å². The number of amides is 1. The average molecular weight is 400 g/mol. The number of nitrogens with zero attached hydrogens (tertiary/aromatic N) is 5. The van der Waals surface area contributed by atoms with Crippen LogP contribution in [0.15, 0.2) is 43.0 Å². The molecular formula is C20H19ClFN5O. The Balaban J connectivity index is 1.53. The summed E-state index contributed by atoms with van der Waals surface area (Å²) in [6, 6.07) is 4.72. The maximum Gasteiger partial charge on any atom is 0.230 e. The molecule has 0 N–H and O–H groups in total. The van der Waals surface area contributed by atoms with Crippen LogP contribution < -0.4 is 4.90 Å². The Morgan fingerprint density at radius 1 is 1.25 bits per heavy atom. The Kier molecular flexibility index (Phi) is 5.09. The van der Waals surface area contributed by atoms with Crippen LogP contribution in [0, 0.1) is 18.7 Å². The fraction of sp³-hybridized carbons (Fsp3) is 0.300. The van der Waals surface area contributed by atoms with E-state index in [-0.39, 0.29) is 16.8 Å². The maximum atomic E-state index is 13.7. The van der Waals surface area contributed by atoms with Crippen molar-refractivity contribution in [1.29, 1.82) is 0 Å². The van der Waals surface area contributed by atoms with Crippen LogP contribution in [-0.4, -0.2) is 32.4 Å². The molecule has 1 atom stereocenters. The summed E-state index contributed by atoms with van der Waals surface area (Å²) in [6.07, 6.45) is 8.97. The van der Waals surface area contributed by atoms with Crippen LogP contribution in [0.5, 0.6) is 0 Å². The van der Waals surface area contributed by atoms with E-state index in [1.54, 1.807) is 34.2 Å². The Bertz CT molecular complexity index is 1020. The number of carbonyl (C=O) groups excluding carboxylic acids is 1. The standard InChI is InChI=1S/C20H19ClFN5O/c1-13-9-23-24-11-19(13)27-12-16(10-25-27)26-6-2-3-15(20(26)28)7-14-4-5-17(21)18(22)8-14/h4-5,8-12,15H,2-3,6-7H2,1H3. The number of aryl methyl sites for hydroxylation is 1. The number of piperidine rings is 1. The molecule has 0 bridgehead atoms. The van der Waals surface area contributed by atoms with Gasteiger partial charge in [0.05, 0.1) is 41.2 Å². The van der Waals surface area contributed by atoms with E-state index in [2.05, 4.69) is 15.3 Å². The summed E-state index contributed by atoms with van der Waals surface area (Å²) in [6.45, 7) is 2.57. The van der Waals surface area contributed by atoms with Gasteiger partial charge in [-0.2, -0.15) is 15.3 Å². The van der Waals surface area contributed by atoms with E-state index in [4.69, 9.17) is 11.6 Å². The highest BCUT2D eigenvalue weighted by Crippen LogP contribution is 2.28. The first-order valence-corrected chi connectivity index (χ1v) is 9.48. The van der Waals surface area contributed by atoms with Crippen LogP contribution in [0.1, 0.15) is 24.0 Å². The number of aromatic nitrogens is 4. The van der Waals surface area contributed by atoms with E-state index in [0.717, 1.165) is 35.3 Å². The van der Waals surface area contributed by atoms with Crippen LogP contribution in [0.2, 0.25) is 5.02 Å². The molecule has 0 radical (unpaired) electrons. The van der Waals surface area contributed by atoms with Crippen LogP contribution in [0.25, 0.3) is 5.69 Å². The third-order valence-electron chi connectivity index (χ3n) is 5.05. The largest absolute Gasteiger partial charge is 0.309 e. The molecule has 1 amide bonds. The van der Waals surface area contributed by atoms with Crippen molar-refractivity contribution in [3.05, 3.63) is 65.0 Å².